The average molecular weight is 1080 g/mol. The first-order chi connectivity index (χ1) is 31.8. The number of nitrogens with zero attached hydrogens (tertiary/aromatic N) is 4. The summed E-state index contributed by atoms with van der Waals surface area (Å²) in [7, 11) is -7.37. The zero-order valence-electron chi connectivity index (χ0n) is 38.2. The molecule has 2 atom stereocenters. The van der Waals surface area contributed by atoms with Gasteiger partial charge in [-0.2, -0.15) is 0 Å². The van der Waals surface area contributed by atoms with Crippen molar-refractivity contribution in [2.24, 2.45) is 0 Å². The quantitative estimate of drug-likeness (QED) is 0.0379. The van der Waals surface area contributed by atoms with Crippen LogP contribution in [0.15, 0.2) is 156 Å². The minimum Gasteiger partial charge on any atom is -0.387 e. The molecule has 0 aliphatic heterocycles. The van der Waals surface area contributed by atoms with E-state index in [1.54, 1.807) is 108 Å². The van der Waals surface area contributed by atoms with Crippen molar-refractivity contribution in [2.45, 2.75) is 93.6 Å². The Kier molecular flexibility index (Phi) is 17.6. The summed E-state index contributed by atoms with van der Waals surface area (Å²) in [5.41, 5.74) is 2.66. The number of sulfonamides is 2. The van der Waals surface area contributed by atoms with Crippen molar-refractivity contribution in [3.05, 3.63) is 166 Å². The molecule has 7 rings (SSSR count). The van der Waals surface area contributed by atoms with Crippen LogP contribution in [0, 0.1) is 10.6 Å². The van der Waals surface area contributed by atoms with E-state index in [4.69, 9.17) is 0 Å². The molecule has 0 fully saturated rings. The van der Waals surface area contributed by atoms with Gasteiger partial charge >= 0.3 is 0 Å². The number of aliphatic hydroxyl groups is 2. The maximum absolute atomic E-state index is 12.6. The Labute approximate surface area is 412 Å². The SMILES string of the molecule is CC(C)(CCn1cnc(I)c1)NCC(O)c1cccc(NS(=O)(=O)c2ccccc2)c1.Cc1ccc(-c2cn(CCC(C)(C)NCC(O)c3cccc(NS(=O)(=O)c4ccccc4)c3)cn2)s1. The molecule has 0 aliphatic rings. The fourth-order valence-corrected chi connectivity index (χ4v) is 10.3. The molecule has 2 unspecified atom stereocenters. The van der Waals surface area contributed by atoms with Crippen LogP contribution in [0.25, 0.3) is 10.6 Å². The van der Waals surface area contributed by atoms with Crippen LogP contribution in [-0.4, -0.2) is 70.3 Å². The summed E-state index contributed by atoms with van der Waals surface area (Å²) in [5.74, 6) is 0. The number of anilines is 2. The molecule has 4 aromatic carbocycles. The summed E-state index contributed by atoms with van der Waals surface area (Å²) in [6.45, 7) is 12.8. The number of rotatable bonds is 21. The van der Waals surface area contributed by atoms with Crippen molar-refractivity contribution in [3.63, 3.8) is 0 Å². The molecule has 18 heteroatoms. The van der Waals surface area contributed by atoms with Gasteiger partial charge in [0.2, 0.25) is 0 Å². The van der Waals surface area contributed by atoms with Gasteiger partial charge in [-0.15, -0.1) is 11.3 Å². The van der Waals surface area contributed by atoms with Crippen LogP contribution in [0.4, 0.5) is 11.4 Å². The van der Waals surface area contributed by atoms with Crippen LogP contribution in [0.5, 0.6) is 0 Å². The second kappa shape index (κ2) is 22.9. The van der Waals surface area contributed by atoms with E-state index in [0.717, 1.165) is 35.3 Å². The molecule has 3 aromatic heterocycles. The number of aliphatic hydroxyl groups excluding tert-OH is 2. The second-order valence-electron chi connectivity index (χ2n) is 17.5. The number of β-amino-alcohol motifs (C(OH)–C–C–N with tert-alkyl or cyclic N) is 2. The van der Waals surface area contributed by atoms with Gasteiger partial charge < -0.3 is 30.0 Å². The summed E-state index contributed by atoms with van der Waals surface area (Å²) >= 11 is 3.92. The number of thiophene rings is 1. The zero-order valence-corrected chi connectivity index (χ0v) is 42.8. The zero-order chi connectivity index (χ0) is 48.2. The van der Waals surface area contributed by atoms with E-state index >= 15 is 0 Å². The lowest BCUT2D eigenvalue weighted by Gasteiger charge is -2.28. The van der Waals surface area contributed by atoms with Crippen LogP contribution in [0.2, 0.25) is 0 Å². The first kappa shape index (κ1) is 51.5. The lowest BCUT2D eigenvalue weighted by molar-refractivity contribution is 0.158. The van der Waals surface area contributed by atoms with Crippen LogP contribution in [-0.2, 0) is 33.1 Å². The average Bonchev–Trinajstić information content (AvgIpc) is 4.08. The van der Waals surface area contributed by atoms with Crippen LogP contribution >= 0.6 is 33.9 Å². The van der Waals surface area contributed by atoms with E-state index in [9.17, 15) is 27.0 Å². The predicted octanol–water partition coefficient (Wildman–Crippen LogP) is 8.99. The summed E-state index contributed by atoms with van der Waals surface area (Å²) in [6, 6.07) is 34.3. The largest absolute Gasteiger partial charge is 0.387 e. The van der Waals surface area contributed by atoms with E-state index in [2.05, 4.69) is 110 Å². The van der Waals surface area contributed by atoms with E-state index in [1.165, 1.54) is 21.9 Å². The second-order valence-corrected chi connectivity index (χ2v) is 23.2. The molecule has 14 nitrogen and oxygen atoms in total. The molecule has 0 bridgehead atoms. The molecule has 0 saturated carbocycles. The molecular weight excluding hydrogens is 1020 g/mol. The monoisotopic (exact) mass is 1080 g/mol. The van der Waals surface area contributed by atoms with E-state index in [0.29, 0.717) is 35.6 Å². The van der Waals surface area contributed by atoms with E-state index in [1.807, 2.05) is 23.4 Å². The van der Waals surface area contributed by atoms with Gasteiger partial charge in [0.1, 0.15) is 3.70 Å². The summed E-state index contributed by atoms with van der Waals surface area (Å²) < 4.78 is 60.6. The Morgan fingerprint density at radius 1 is 0.627 bits per heavy atom. The number of hydrogen-bond acceptors (Lipinski definition) is 11. The highest BCUT2D eigenvalue weighted by Crippen LogP contribution is 2.27. The van der Waals surface area contributed by atoms with Crippen LogP contribution < -0.4 is 20.1 Å². The Morgan fingerprint density at radius 3 is 1.52 bits per heavy atom. The molecule has 0 radical (unpaired) electrons. The van der Waals surface area contributed by atoms with Gasteiger partial charge in [0.15, 0.2) is 0 Å². The highest BCUT2D eigenvalue weighted by Gasteiger charge is 2.22. The van der Waals surface area contributed by atoms with E-state index < -0.39 is 32.3 Å². The summed E-state index contributed by atoms with van der Waals surface area (Å²) in [6.07, 6.45) is 7.89. The third-order valence-electron chi connectivity index (χ3n) is 10.9. The smallest absolute Gasteiger partial charge is 0.261 e. The highest BCUT2D eigenvalue weighted by molar-refractivity contribution is 14.1. The van der Waals surface area contributed by atoms with Crippen molar-refractivity contribution in [1.82, 2.24) is 29.7 Å². The van der Waals surface area contributed by atoms with Crippen molar-refractivity contribution >= 4 is 65.3 Å². The molecule has 7 aromatic rings. The van der Waals surface area contributed by atoms with Gasteiger partial charge in [-0.05, 0) is 142 Å². The molecule has 0 saturated heterocycles. The Bertz CT molecular complexity index is 2890. The van der Waals surface area contributed by atoms with Gasteiger partial charge in [-0.25, -0.2) is 26.8 Å². The van der Waals surface area contributed by atoms with Gasteiger partial charge in [0.25, 0.3) is 20.0 Å². The Hall–Kier alpha value is -4.93. The predicted molar refractivity (Wildman–Crippen MR) is 276 cm³/mol. The molecular formula is C49H59IN8O6S3. The Balaban J connectivity index is 0.000000224. The van der Waals surface area contributed by atoms with Crippen LogP contribution in [0.1, 0.15) is 68.7 Å². The maximum Gasteiger partial charge on any atom is 0.261 e. The number of hydrogen-bond donors (Lipinski definition) is 6. The highest BCUT2D eigenvalue weighted by atomic mass is 127. The topological polar surface area (TPSA) is 192 Å². The van der Waals surface area contributed by atoms with Crippen molar-refractivity contribution < 1.29 is 27.0 Å². The van der Waals surface area contributed by atoms with E-state index in [-0.39, 0.29) is 20.9 Å². The minimum absolute atomic E-state index is 0.190. The fraction of sp³-hybridized carbons (Fsp3) is 0.306. The number of aryl methyl sites for hydroxylation is 3. The maximum atomic E-state index is 12.6. The molecule has 6 N–H and O–H groups in total. The first-order valence-corrected chi connectivity index (χ1v) is 26.6. The Morgan fingerprint density at radius 2 is 1.09 bits per heavy atom. The summed E-state index contributed by atoms with van der Waals surface area (Å²) in [5, 5.41) is 28.3. The molecule has 356 valence electrons. The van der Waals surface area contributed by atoms with Crippen molar-refractivity contribution in [3.8, 4) is 10.6 Å². The van der Waals surface area contributed by atoms with Crippen molar-refractivity contribution in [1.29, 1.82) is 0 Å². The molecule has 67 heavy (non-hydrogen) atoms. The normalized spacial score (nSPS) is 13.1. The van der Waals surface area contributed by atoms with Gasteiger partial charge in [-0.1, -0.05) is 60.7 Å². The lowest BCUT2D eigenvalue weighted by atomic mass is 9.99. The minimum atomic E-state index is -3.69. The number of halogens is 1. The number of aromatic nitrogens is 4. The standard InChI is InChI=1S/C27H32N4O3S2.C22H27IN4O3S/c1-20-12-13-26(35-20)24-18-31(19-28-24)15-14-27(2,3)29-17-25(32)21-8-7-9-22(16-21)30-36(33,34)23-10-5-4-6-11-23;1-22(2,11-12-27-15-21(23)24-16-27)25-14-20(28)17-7-6-8-18(13-17)26-31(29,30)19-9-4-3-5-10-19/h4-13,16,18-19,25,29-30,32H,14-15,17H2,1-3H3;3-10,13,15-16,20,25-26,28H,11-12,14H2,1-2H3. The molecule has 0 amide bonds. The number of nitrogens with one attached hydrogen (secondary N) is 4. The van der Waals surface area contributed by atoms with Gasteiger partial charge in [-0.3, -0.25) is 9.44 Å². The van der Waals surface area contributed by atoms with Gasteiger partial charge in [0.05, 0.1) is 45.2 Å². The van der Waals surface area contributed by atoms with Crippen LogP contribution in [0.3, 0.4) is 0 Å². The molecule has 0 spiro atoms. The third-order valence-corrected chi connectivity index (χ3v) is 15.3. The van der Waals surface area contributed by atoms with Crippen molar-refractivity contribution in [2.75, 3.05) is 22.5 Å². The molecule has 0 aliphatic carbocycles. The fourth-order valence-electron chi connectivity index (χ4n) is 6.86. The number of benzene rings is 4. The third kappa shape index (κ3) is 15.8. The number of imidazole rings is 2. The summed E-state index contributed by atoms with van der Waals surface area (Å²) in [4.78, 5) is 11.6. The molecule has 3 heterocycles. The lowest BCUT2D eigenvalue weighted by Crippen LogP contribution is -2.42. The first-order valence-electron chi connectivity index (χ1n) is 21.7. The van der Waals surface area contributed by atoms with Gasteiger partial charge in [0, 0.05) is 65.9 Å².